The lowest BCUT2D eigenvalue weighted by Crippen LogP contribution is -2.15. The van der Waals surface area contributed by atoms with Crippen LogP contribution in [0.4, 0.5) is 5.69 Å². The first-order valence-corrected chi connectivity index (χ1v) is 9.60. The predicted octanol–water partition coefficient (Wildman–Crippen LogP) is 3.86. The normalized spacial score (nSPS) is 10.8. The van der Waals surface area contributed by atoms with Crippen LogP contribution in [0.5, 0.6) is 0 Å². The topological polar surface area (TPSA) is 103 Å². The van der Waals surface area contributed by atoms with Crippen molar-refractivity contribution in [2.45, 2.75) is 13.5 Å². The van der Waals surface area contributed by atoms with E-state index in [2.05, 4.69) is 10.3 Å². The molecule has 31 heavy (non-hydrogen) atoms. The van der Waals surface area contributed by atoms with Gasteiger partial charge in [-0.1, -0.05) is 17.7 Å². The third-order valence-electron chi connectivity index (χ3n) is 4.34. The summed E-state index contributed by atoms with van der Waals surface area (Å²) in [5, 5.41) is 3.19. The smallest absolute Gasteiger partial charge is 0.338 e. The number of fused-ring (bicyclic) bond motifs is 1. The van der Waals surface area contributed by atoms with Crippen molar-refractivity contribution in [2.24, 2.45) is 0 Å². The molecule has 0 radical (unpaired) electrons. The first-order chi connectivity index (χ1) is 14.9. The third-order valence-corrected chi connectivity index (χ3v) is 4.58. The molecule has 0 fully saturated rings. The fourth-order valence-corrected chi connectivity index (χ4v) is 3.08. The van der Waals surface area contributed by atoms with E-state index in [0.717, 1.165) is 4.57 Å². The van der Waals surface area contributed by atoms with Crippen molar-refractivity contribution in [1.82, 2.24) is 9.56 Å². The zero-order chi connectivity index (χ0) is 22.0. The minimum atomic E-state index is -0.585. The van der Waals surface area contributed by atoms with Crippen LogP contribution in [0.1, 0.15) is 32.2 Å². The van der Waals surface area contributed by atoms with Crippen LogP contribution in [0.25, 0.3) is 5.65 Å². The fraction of sp³-hybridized carbons (Fsp3) is 0.0909. The number of amides is 1. The van der Waals surface area contributed by atoms with Gasteiger partial charge in [0, 0.05) is 28.4 Å². The summed E-state index contributed by atoms with van der Waals surface area (Å²) in [4.78, 5) is 40.8. The Morgan fingerprint density at radius 1 is 1.10 bits per heavy atom. The SMILES string of the molecule is Cc1cc2nc(COC(=O)c3ccc(NC(=O)c4cccc(Cl)c4)cc3)cc(=O)n2o1. The van der Waals surface area contributed by atoms with Gasteiger partial charge >= 0.3 is 5.97 Å². The van der Waals surface area contributed by atoms with Gasteiger partial charge in [0.1, 0.15) is 12.4 Å². The molecule has 156 valence electrons. The highest BCUT2D eigenvalue weighted by atomic mass is 35.5. The number of aromatic nitrogens is 2. The van der Waals surface area contributed by atoms with E-state index in [9.17, 15) is 14.4 Å². The molecule has 0 aliphatic carbocycles. The van der Waals surface area contributed by atoms with Crippen molar-refractivity contribution < 1.29 is 18.8 Å². The number of nitrogens with one attached hydrogen (secondary N) is 1. The van der Waals surface area contributed by atoms with E-state index in [4.69, 9.17) is 20.9 Å². The first kappa shape index (κ1) is 20.4. The van der Waals surface area contributed by atoms with Gasteiger partial charge in [-0.05, 0) is 49.4 Å². The number of carbonyl (C=O) groups is 2. The Balaban J connectivity index is 1.39. The van der Waals surface area contributed by atoms with E-state index in [-0.39, 0.29) is 18.1 Å². The van der Waals surface area contributed by atoms with Crippen molar-refractivity contribution in [1.29, 1.82) is 0 Å². The maximum Gasteiger partial charge on any atom is 0.338 e. The molecule has 0 atom stereocenters. The van der Waals surface area contributed by atoms with Gasteiger partial charge in [-0.3, -0.25) is 9.59 Å². The van der Waals surface area contributed by atoms with Crippen molar-refractivity contribution in [3.8, 4) is 0 Å². The number of rotatable bonds is 5. The van der Waals surface area contributed by atoms with Crippen LogP contribution in [0, 0.1) is 6.92 Å². The maximum atomic E-state index is 12.3. The quantitative estimate of drug-likeness (QED) is 0.475. The molecule has 0 saturated carbocycles. The summed E-state index contributed by atoms with van der Waals surface area (Å²) in [5.74, 6) is -0.362. The number of esters is 1. The Morgan fingerprint density at radius 3 is 2.61 bits per heavy atom. The first-order valence-electron chi connectivity index (χ1n) is 9.23. The van der Waals surface area contributed by atoms with Crippen molar-refractivity contribution >= 4 is 34.8 Å². The highest BCUT2D eigenvalue weighted by Gasteiger charge is 2.12. The standard InChI is InChI=1S/C22H16ClN3O5/c1-13-9-19-24-18(11-20(27)26(19)31-13)12-30-22(29)14-5-7-17(8-6-14)25-21(28)15-3-2-4-16(23)10-15/h2-11H,12H2,1H3,(H,25,28). The number of aryl methyl sites for hydroxylation is 1. The predicted molar refractivity (Wildman–Crippen MR) is 113 cm³/mol. The van der Waals surface area contributed by atoms with Crippen molar-refractivity contribution in [3.05, 3.63) is 98.6 Å². The van der Waals surface area contributed by atoms with Crippen LogP contribution < -0.4 is 10.9 Å². The molecule has 4 rings (SSSR count). The average Bonchev–Trinajstić information content (AvgIpc) is 3.13. The average molecular weight is 438 g/mol. The lowest BCUT2D eigenvalue weighted by Gasteiger charge is -2.07. The van der Waals surface area contributed by atoms with Crippen LogP contribution >= 0.6 is 11.6 Å². The van der Waals surface area contributed by atoms with E-state index >= 15 is 0 Å². The van der Waals surface area contributed by atoms with E-state index in [1.807, 2.05) is 0 Å². The summed E-state index contributed by atoms with van der Waals surface area (Å²) < 4.78 is 11.5. The van der Waals surface area contributed by atoms with E-state index in [0.29, 0.717) is 33.4 Å². The number of hydrogen-bond acceptors (Lipinski definition) is 6. The zero-order valence-electron chi connectivity index (χ0n) is 16.3. The number of nitrogens with zero attached hydrogens (tertiary/aromatic N) is 2. The summed E-state index contributed by atoms with van der Waals surface area (Å²) in [6.07, 6.45) is 0. The highest BCUT2D eigenvalue weighted by molar-refractivity contribution is 6.31. The number of halogens is 1. The van der Waals surface area contributed by atoms with Gasteiger partial charge in [-0.2, -0.15) is 0 Å². The van der Waals surface area contributed by atoms with Crippen LogP contribution in [-0.4, -0.2) is 21.4 Å². The van der Waals surface area contributed by atoms with Gasteiger partial charge in [-0.25, -0.2) is 9.78 Å². The Morgan fingerprint density at radius 2 is 1.87 bits per heavy atom. The van der Waals surface area contributed by atoms with Crippen LogP contribution in [0.15, 0.2) is 70.0 Å². The van der Waals surface area contributed by atoms with Gasteiger partial charge in [-0.15, -0.1) is 4.57 Å². The van der Waals surface area contributed by atoms with E-state index in [1.54, 1.807) is 49.4 Å². The molecular formula is C22H16ClN3O5. The van der Waals surface area contributed by atoms with Crippen LogP contribution in [-0.2, 0) is 11.3 Å². The molecule has 0 bridgehead atoms. The van der Waals surface area contributed by atoms with Crippen LogP contribution in [0.2, 0.25) is 5.02 Å². The van der Waals surface area contributed by atoms with Gasteiger partial charge < -0.3 is 14.6 Å². The number of anilines is 1. The second kappa shape index (κ2) is 8.45. The largest absolute Gasteiger partial charge is 0.456 e. The molecule has 4 aromatic rings. The lowest BCUT2D eigenvalue weighted by atomic mass is 10.2. The summed E-state index contributed by atoms with van der Waals surface area (Å²) >= 11 is 5.90. The molecule has 1 amide bonds. The second-order valence-electron chi connectivity index (χ2n) is 6.70. The molecule has 9 heteroatoms. The van der Waals surface area contributed by atoms with Gasteiger partial charge in [0.05, 0.1) is 11.3 Å². The summed E-state index contributed by atoms with van der Waals surface area (Å²) in [5.41, 5.74) is 1.48. The number of ether oxygens (including phenoxy) is 1. The number of hydrogen-bond donors (Lipinski definition) is 1. The molecule has 2 aromatic carbocycles. The molecule has 0 aliphatic rings. The molecule has 1 N–H and O–H groups in total. The summed E-state index contributed by atoms with van der Waals surface area (Å²) in [7, 11) is 0. The number of benzene rings is 2. The molecule has 2 aromatic heterocycles. The third kappa shape index (κ3) is 4.65. The Kier molecular flexibility index (Phi) is 5.55. The zero-order valence-corrected chi connectivity index (χ0v) is 17.1. The molecule has 0 aliphatic heterocycles. The van der Waals surface area contributed by atoms with Crippen molar-refractivity contribution in [3.63, 3.8) is 0 Å². The lowest BCUT2D eigenvalue weighted by molar-refractivity contribution is 0.0467. The van der Waals surface area contributed by atoms with E-state index < -0.39 is 11.5 Å². The Labute approximate surface area is 181 Å². The monoisotopic (exact) mass is 437 g/mol. The molecule has 8 nitrogen and oxygen atoms in total. The van der Waals surface area contributed by atoms with Crippen LogP contribution in [0.3, 0.4) is 0 Å². The molecule has 0 saturated heterocycles. The van der Waals surface area contributed by atoms with Gasteiger partial charge in [0.2, 0.25) is 0 Å². The Bertz CT molecular complexity index is 1340. The maximum absolute atomic E-state index is 12.3. The molecular weight excluding hydrogens is 422 g/mol. The highest BCUT2D eigenvalue weighted by Crippen LogP contribution is 2.15. The molecule has 2 heterocycles. The molecule has 0 unspecified atom stereocenters. The van der Waals surface area contributed by atoms with E-state index in [1.165, 1.54) is 18.2 Å². The van der Waals surface area contributed by atoms with Gasteiger partial charge in [0.15, 0.2) is 5.65 Å². The minimum absolute atomic E-state index is 0.165. The molecule has 0 spiro atoms. The van der Waals surface area contributed by atoms with Gasteiger partial charge in [0.25, 0.3) is 11.5 Å². The van der Waals surface area contributed by atoms with Crippen molar-refractivity contribution in [2.75, 3.05) is 5.32 Å². The fourth-order valence-electron chi connectivity index (χ4n) is 2.89. The second-order valence-corrected chi connectivity index (χ2v) is 7.14. The summed E-state index contributed by atoms with van der Waals surface area (Å²) in [6.45, 7) is 1.54. The summed E-state index contributed by atoms with van der Waals surface area (Å²) in [6, 6.07) is 15.7. The minimum Gasteiger partial charge on any atom is -0.456 e. The Hall–Kier alpha value is -3.91. The number of carbonyl (C=O) groups excluding carboxylic acids is 2.